The lowest BCUT2D eigenvalue weighted by Crippen LogP contribution is -2.54. The van der Waals surface area contributed by atoms with Crippen molar-refractivity contribution in [3.05, 3.63) is 0 Å². The molecular weight excluding hydrogens is 308 g/mol. The molecule has 0 aliphatic carbocycles. The smallest absolute Gasteiger partial charge is 0.239 e. The number of thioether (sulfide) groups is 1. The quantitative estimate of drug-likeness (QED) is 0.750. The second-order valence-electron chi connectivity index (χ2n) is 7.07. The van der Waals surface area contributed by atoms with Gasteiger partial charge in [-0.15, -0.1) is 0 Å². The van der Waals surface area contributed by atoms with Crippen molar-refractivity contribution in [3.63, 3.8) is 0 Å². The fraction of sp³-hybridized carbons (Fsp3) is 0.941. The molecule has 0 aromatic heterocycles. The molecule has 0 aromatic carbocycles. The number of nitrogens with two attached hydrogens (primary N) is 1. The van der Waals surface area contributed by atoms with Gasteiger partial charge < -0.3 is 10.6 Å². The number of hydrogen-bond donors (Lipinski definition) is 1. The van der Waals surface area contributed by atoms with E-state index in [0.717, 1.165) is 63.5 Å². The number of rotatable bonds is 7. The number of hydrogen-bond acceptors (Lipinski definition) is 5. The van der Waals surface area contributed by atoms with E-state index in [9.17, 15) is 4.79 Å². The molecule has 23 heavy (non-hydrogen) atoms. The van der Waals surface area contributed by atoms with Crippen LogP contribution in [-0.2, 0) is 4.79 Å². The van der Waals surface area contributed by atoms with Crippen LogP contribution in [0, 0.1) is 0 Å². The Morgan fingerprint density at radius 3 is 2.30 bits per heavy atom. The Morgan fingerprint density at radius 2 is 1.74 bits per heavy atom. The summed E-state index contributed by atoms with van der Waals surface area (Å²) in [6.45, 7) is 10.6. The second-order valence-corrected chi connectivity index (χ2v) is 8.05. The van der Waals surface area contributed by atoms with E-state index in [4.69, 9.17) is 5.73 Å². The summed E-state index contributed by atoms with van der Waals surface area (Å²) in [5.74, 6) is 1.10. The zero-order valence-electron chi connectivity index (χ0n) is 15.0. The molecule has 0 bridgehead atoms. The topological polar surface area (TPSA) is 52.8 Å². The van der Waals surface area contributed by atoms with E-state index in [1.807, 2.05) is 4.90 Å². The highest BCUT2D eigenvalue weighted by Crippen LogP contribution is 2.22. The third-order valence-electron chi connectivity index (χ3n) is 5.44. The Labute approximate surface area is 145 Å². The lowest BCUT2D eigenvalue weighted by molar-refractivity contribution is -0.134. The number of likely N-dealkylation sites (tertiary alicyclic amines) is 1. The Morgan fingerprint density at radius 1 is 1.13 bits per heavy atom. The van der Waals surface area contributed by atoms with Crippen molar-refractivity contribution in [2.75, 3.05) is 51.3 Å². The molecule has 1 amide bonds. The van der Waals surface area contributed by atoms with Crippen molar-refractivity contribution in [2.45, 2.75) is 51.2 Å². The first kappa shape index (κ1) is 19.0. The molecule has 2 N–H and O–H groups in total. The van der Waals surface area contributed by atoms with Gasteiger partial charge in [-0.1, -0.05) is 0 Å². The third kappa shape index (κ3) is 5.34. The van der Waals surface area contributed by atoms with Crippen LogP contribution in [0.2, 0.25) is 0 Å². The van der Waals surface area contributed by atoms with Crippen molar-refractivity contribution in [1.29, 1.82) is 0 Å². The van der Waals surface area contributed by atoms with Gasteiger partial charge in [0.1, 0.15) is 0 Å². The van der Waals surface area contributed by atoms with Gasteiger partial charge in [0.2, 0.25) is 5.91 Å². The number of carbonyl (C=O) groups excluding carboxylic acids is 1. The minimum absolute atomic E-state index is 0.139. The average molecular weight is 343 g/mol. The van der Waals surface area contributed by atoms with Crippen molar-refractivity contribution in [3.8, 4) is 0 Å². The highest BCUT2D eigenvalue weighted by molar-refractivity contribution is 7.98. The van der Waals surface area contributed by atoms with Gasteiger partial charge in [0.05, 0.1) is 6.04 Å². The highest BCUT2D eigenvalue weighted by atomic mass is 32.2. The molecule has 2 rings (SSSR count). The fourth-order valence-electron chi connectivity index (χ4n) is 3.74. The zero-order valence-corrected chi connectivity index (χ0v) is 15.9. The van der Waals surface area contributed by atoms with Crippen molar-refractivity contribution in [2.24, 2.45) is 5.73 Å². The summed E-state index contributed by atoms with van der Waals surface area (Å²) in [5.41, 5.74) is 6.02. The number of piperazine rings is 1. The van der Waals surface area contributed by atoms with E-state index in [0.29, 0.717) is 0 Å². The van der Waals surface area contributed by atoms with E-state index >= 15 is 0 Å². The largest absolute Gasteiger partial charge is 0.339 e. The monoisotopic (exact) mass is 342 g/mol. The standard InChI is InChI=1S/C17H34N4OS/c1-14-4-5-15(2)21(14)12-9-19-7-10-20(11-8-19)17(22)16(18)6-13-23-3/h14-16H,4-13,18H2,1-3H3/t14-,15-,16+/m1/s1. The number of carbonyl (C=O) groups is 1. The minimum Gasteiger partial charge on any atom is -0.339 e. The summed E-state index contributed by atoms with van der Waals surface area (Å²) in [4.78, 5) is 19.4. The summed E-state index contributed by atoms with van der Waals surface area (Å²) < 4.78 is 0. The van der Waals surface area contributed by atoms with Crippen LogP contribution >= 0.6 is 11.8 Å². The van der Waals surface area contributed by atoms with Gasteiger partial charge in [-0.2, -0.15) is 11.8 Å². The summed E-state index contributed by atoms with van der Waals surface area (Å²) in [6, 6.07) is 1.13. The average Bonchev–Trinajstić information content (AvgIpc) is 2.89. The molecule has 0 aromatic rings. The third-order valence-corrected chi connectivity index (χ3v) is 6.09. The predicted octanol–water partition coefficient (Wildman–Crippen LogP) is 1.08. The summed E-state index contributed by atoms with van der Waals surface area (Å²) >= 11 is 1.75. The van der Waals surface area contributed by atoms with Gasteiger partial charge in [-0.3, -0.25) is 14.6 Å². The Balaban J connectivity index is 1.68. The van der Waals surface area contributed by atoms with Crippen molar-refractivity contribution in [1.82, 2.24) is 14.7 Å². The number of nitrogens with zero attached hydrogens (tertiary/aromatic N) is 3. The van der Waals surface area contributed by atoms with Crippen LogP contribution in [0.25, 0.3) is 0 Å². The zero-order chi connectivity index (χ0) is 16.8. The van der Waals surface area contributed by atoms with E-state index in [2.05, 4.69) is 29.9 Å². The molecule has 2 aliphatic heterocycles. The van der Waals surface area contributed by atoms with Crippen molar-refractivity contribution < 1.29 is 4.79 Å². The Bertz CT molecular complexity index is 364. The first-order chi connectivity index (χ1) is 11.0. The molecule has 2 saturated heterocycles. The fourth-order valence-corrected chi connectivity index (χ4v) is 4.23. The summed E-state index contributed by atoms with van der Waals surface area (Å²) in [5, 5.41) is 0. The van der Waals surface area contributed by atoms with E-state index in [1.54, 1.807) is 11.8 Å². The van der Waals surface area contributed by atoms with Gasteiger partial charge in [0, 0.05) is 51.4 Å². The van der Waals surface area contributed by atoms with E-state index in [1.165, 1.54) is 12.8 Å². The molecule has 0 unspecified atom stereocenters. The molecule has 0 radical (unpaired) electrons. The van der Waals surface area contributed by atoms with Gasteiger partial charge in [0.15, 0.2) is 0 Å². The molecule has 2 aliphatic rings. The summed E-state index contributed by atoms with van der Waals surface area (Å²) in [6.07, 6.45) is 5.50. The molecule has 0 saturated carbocycles. The van der Waals surface area contributed by atoms with Crippen molar-refractivity contribution >= 4 is 17.7 Å². The van der Waals surface area contributed by atoms with Gasteiger partial charge in [-0.05, 0) is 45.1 Å². The molecule has 3 atom stereocenters. The maximum Gasteiger partial charge on any atom is 0.239 e. The van der Waals surface area contributed by atoms with E-state index in [-0.39, 0.29) is 11.9 Å². The Hall–Kier alpha value is -0.300. The molecule has 6 heteroatoms. The molecule has 2 heterocycles. The number of amides is 1. The van der Waals surface area contributed by atoms with Crippen LogP contribution < -0.4 is 5.73 Å². The Kier molecular flexibility index (Phi) is 7.66. The summed E-state index contributed by atoms with van der Waals surface area (Å²) in [7, 11) is 0. The van der Waals surface area contributed by atoms with Crippen LogP contribution in [0.4, 0.5) is 0 Å². The van der Waals surface area contributed by atoms with Crippen LogP contribution in [0.15, 0.2) is 0 Å². The minimum atomic E-state index is -0.319. The lowest BCUT2D eigenvalue weighted by atomic mass is 10.2. The molecular formula is C17H34N4OS. The normalized spacial score (nSPS) is 28.3. The molecule has 0 spiro atoms. The first-order valence-electron chi connectivity index (χ1n) is 9.04. The molecule has 5 nitrogen and oxygen atoms in total. The SMILES string of the molecule is CSCC[C@H](N)C(=O)N1CCN(CCN2[C@H](C)CC[C@H]2C)CC1. The second kappa shape index (κ2) is 9.25. The highest BCUT2D eigenvalue weighted by Gasteiger charge is 2.28. The van der Waals surface area contributed by atoms with Gasteiger partial charge in [-0.25, -0.2) is 0 Å². The van der Waals surface area contributed by atoms with Crippen LogP contribution in [0.5, 0.6) is 0 Å². The van der Waals surface area contributed by atoms with Crippen LogP contribution in [-0.4, -0.2) is 90.0 Å². The van der Waals surface area contributed by atoms with Gasteiger partial charge >= 0.3 is 0 Å². The molecule has 134 valence electrons. The first-order valence-corrected chi connectivity index (χ1v) is 10.4. The van der Waals surface area contributed by atoms with Gasteiger partial charge in [0.25, 0.3) is 0 Å². The van der Waals surface area contributed by atoms with E-state index < -0.39 is 0 Å². The maximum atomic E-state index is 12.3. The lowest BCUT2D eigenvalue weighted by Gasteiger charge is -2.37. The predicted molar refractivity (Wildman–Crippen MR) is 98.9 cm³/mol. The van der Waals surface area contributed by atoms with Crippen LogP contribution in [0.1, 0.15) is 33.1 Å². The maximum absolute atomic E-state index is 12.3. The molecule has 2 fully saturated rings. The van der Waals surface area contributed by atoms with Crippen LogP contribution in [0.3, 0.4) is 0 Å².